The topological polar surface area (TPSA) is 74.3 Å². The van der Waals surface area contributed by atoms with Crippen LogP contribution in [0.4, 0.5) is 0 Å². The molecule has 4 rings (SSSR count). The second-order valence-electron chi connectivity index (χ2n) is 6.89. The van der Waals surface area contributed by atoms with Gasteiger partial charge in [-0.25, -0.2) is 4.98 Å². The number of aryl methyl sites for hydroxylation is 2. The number of ether oxygens (including phenoxy) is 1. The molecule has 160 valence electrons. The highest BCUT2D eigenvalue weighted by Crippen LogP contribution is 2.27. The number of fused-ring (bicyclic) bond motifs is 1. The number of hydrogen-bond donors (Lipinski definition) is 0. The monoisotopic (exact) mass is 473 g/mol. The van der Waals surface area contributed by atoms with Crippen molar-refractivity contribution >= 4 is 39.7 Å². The highest BCUT2D eigenvalue weighted by atomic mass is 35.5. The first kappa shape index (κ1) is 21.6. The van der Waals surface area contributed by atoms with E-state index in [-0.39, 0.29) is 12.2 Å². The van der Waals surface area contributed by atoms with Gasteiger partial charge in [0.15, 0.2) is 15.9 Å². The predicted octanol–water partition coefficient (Wildman–Crippen LogP) is 4.68. The van der Waals surface area contributed by atoms with Crippen LogP contribution in [0.25, 0.3) is 4.96 Å². The molecular formula is C21H20ClN5O2S2. The zero-order valence-corrected chi connectivity index (χ0v) is 19.4. The molecule has 0 radical (unpaired) electrons. The summed E-state index contributed by atoms with van der Waals surface area (Å²) < 4.78 is 9.43. The molecule has 4 aromatic rings. The summed E-state index contributed by atoms with van der Waals surface area (Å²) in [5.74, 6) is 1.93. The van der Waals surface area contributed by atoms with Crippen molar-refractivity contribution in [2.75, 3.05) is 0 Å². The van der Waals surface area contributed by atoms with E-state index in [4.69, 9.17) is 16.3 Å². The molecule has 3 heterocycles. The molecule has 0 aliphatic carbocycles. The van der Waals surface area contributed by atoms with E-state index in [1.54, 1.807) is 18.3 Å². The van der Waals surface area contributed by atoms with E-state index in [1.165, 1.54) is 27.5 Å². The molecule has 3 aromatic heterocycles. The molecule has 31 heavy (non-hydrogen) atoms. The number of thioether (sulfide) groups is 1. The van der Waals surface area contributed by atoms with Crippen LogP contribution in [0.15, 0.2) is 52.4 Å². The van der Waals surface area contributed by atoms with E-state index in [0.29, 0.717) is 28.8 Å². The maximum absolute atomic E-state index is 12.2. The lowest BCUT2D eigenvalue weighted by atomic mass is 10.1. The lowest BCUT2D eigenvalue weighted by molar-refractivity contribution is 0.289. The molecule has 0 unspecified atom stereocenters. The summed E-state index contributed by atoms with van der Waals surface area (Å²) in [6.45, 7) is 8.54. The number of aromatic nitrogens is 5. The molecule has 7 nitrogen and oxygen atoms in total. The summed E-state index contributed by atoms with van der Waals surface area (Å²) in [5, 5.41) is 11.9. The summed E-state index contributed by atoms with van der Waals surface area (Å²) in [4.78, 5) is 17.4. The molecule has 10 heteroatoms. The van der Waals surface area contributed by atoms with E-state index in [1.807, 2.05) is 35.9 Å². The van der Waals surface area contributed by atoms with Crippen LogP contribution in [0.5, 0.6) is 5.75 Å². The number of thiazole rings is 1. The fourth-order valence-electron chi connectivity index (χ4n) is 3.08. The summed E-state index contributed by atoms with van der Waals surface area (Å²) >= 11 is 9.14. The van der Waals surface area contributed by atoms with Gasteiger partial charge in [0.05, 0.1) is 5.69 Å². The van der Waals surface area contributed by atoms with Crippen molar-refractivity contribution < 1.29 is 4.74 Å². The second-order valence-corrected chi connectivity index (χ2v) is 9.08. The minimum Gasteiger partial charge on any atom is -0.486 e. The molecule has 0 amide bonds. The SMILES string of the molecule is C=CCn1c(COc2cc(C)c(Cl)c(C)c2)nnc1SCc1cc(=O)n2ccsc2n1. The van der Waals surface area contributed by atoms with Gasteiger partial charge in [0, 0.05) is 35.0 Å². The van der Waals surface area contributed by atoms with Crippen molar-refractivity contribution in [2.24, 2.45) is 0 Å². The Hall–Kier alpha value is -2.62. The van der Waals surface area contributed by atoms with Gasteiger partial charge in [-0.05, 0) is 37.1 Å². The Kier molecular flexibility index (Phi) is 6.45. The molecular weight excluding hydrogens is 454 g/mol. The van der Waals surface area contributed by atoms with Crippen LogP contribution in [0.3, 0.4) is 0 Å². The molecule has 1 aromatic carbocycles. The smallest absolute Gasteiger partial charge is 0.258 e. The number of nitrogens with zero attached hydrogens (tertiary/aromatic N) is 5. The Morgan fingerprint density at radius 3 is 2.77 bits per heavy atom. The van der Waals surface area contributed by atoms with Crippen molar-refractivity contribution in [2.45, 2.75) is 37.9 Å². The van der Waals surface area contributed by atoms with Crippen molar-refractivity contribution in [1.82, 2.24) is 24.1 Å². The van der Waals surface area contributed by atoms with Gasteiger partial charge in [0.25, 0.3) is 5.56 Å². The quantitative estimate of drug-likeness (QED) is 0.273. The van der Waals surface area contributed by atoms with Crippen LogP contribution < -0.4 is 10.3 Å². The number of hydrogen-bond acceptors (Lipinski definition) is 7. The molecule has 0 N–H and O–H groups in total. The molecule has 0 saturated heterocycles. The lowest BCUT2D eigenvalue weighted by Crippen LogP contribution is -2.12. The Morgan fingerprint density at radius 1 is 1.26 bits per heavy atom. The third-order valence-electron chi connectivity index (χ3n) is 4.59. The Bertz CT molecular complexity index is 1290. The zero-order valence-electron chi connectivity index (χ0n) is 17.0. The first-order valence-corrected chi connectivity index (χ1v) is 11.7. The van der Waals surface area contributed by atoms with Gasteiger partial charge in [-0.2, -0.15) is 0 Å². The third kappa shape index (κ3) is 4.68. The minimum atomic E-state index is -0.0861. The molecule has 0 bridgehead atoms. The van der Waals surface area contributed by atoms with Crippen LogP contribution >= 0.6 is 34.7 Å². The average Bonchev–Trinajstić information content (AvgIpc) is 3.36. The van der Waals surface area contributed by atoms with Crippen LogP contribution in [0, 0.1) is 13.8 Å². The standard InChI is InChI=1S/C21H20ClN5O2S2/c1-4-5-26-17(11-29-16-8-13(2)19(22)14(3)9-16)24-25-21(26)31-12-15-10-18(28)27-6-7-30-20(27)23-15/h4,6-10H,1,5,11-12H2,2-3H3. The minimum absolute atomic E-state index is 0.0861. The summed E-state index contributed by atoms with van der Waals surface area (Å²) in [6, 6.07) is 5.37. The first-order chi connectivity index (χ1) is 15.0. The summed E-state index contributed by atoms with van der Waals surface area (Å²) in [6.07, 6.45) is 3.51. The van der Waals surface area contributed by atoms with E-state index >= 15 is 0 Å². The fraction of sp³-hybridized carbons (Fsp3) is 0.238. The normalized spacial score (nSPS) is 11.2. The van der Waals surface area contributed by atoms with Gasteiger partial charge >= 0.3 is 0 Å². The van der Waals surface area contributed by atoms with Crippen LogP contribution in [0.2, 0.25) is 5.02 Å². The molecule has 0 saturated carbocycles. The van der Waals surface area contributed by atoms with Crippen molar-refractivity contribution in [1.29, 1.82) is 0 Å². The second kappa shape index (κ2) is 9.25. The zero-order chi connectivity index (χ0) is 22.0. The molecule has 0 fully saturated rings. The number of benzene rings is 1. The van der Waals surface area contributed by atoms with Crippen molar-refractivity contribution in [3.8, 4) is 5.75 Å². The van der Waals surface area contributed by atoms with Crippen LogP contribution in [0.1, 0.15) is 22.6 Å². The number of allylic oxidation sites excluding steroid dienone is 1. The van der Waals surface area contributed by atoms with E-state index < -0.39 is 0 Å². The van der Waals surface area contributed by atoms with Gasteiger partial charge in [-0.3, -0.25) is 13.8 Å². The Morgan fingerprint density at radius 2 is 2.03 bits per heavy atom. The highest BCUT2D eigenvalue weighted by molar-refractivity contribution is 7.98. The summed E-state index contributed by atoms with van der Waals surface area (Å²) in [5.41, 5.74) is 2.55. The van der Waals surface area contributed by atoms with E-state index in [9.17, 15) is 4.79 Å². The Labute approximate surface area is 192 Å². The van der Waals surface area contributed by atoms with Gasteiger partial charge in [-0.15, -0.1) is 28.1 Å². The van der Waals surface area contributed by atoms with Gasteiger partial charge < -0.3 is 4.74 Å². The third-order valence-corrected chi connectivity index (χ3v) is 6.94. The maximum atomic E-state index is 12.2. The Balaban J connectivity index is 1.50. The van der Waals surface area contributed by atoms with Gasteiger partial charge in [0.1, 0.15) is 12.4 Å². The van der Waals surface area contributed by atoms with Gasteiger partial charge in [0.2, 0.25) is 0 Å². The number of halogens is 1. The van der Waals surface area contributed by atoms with Crippen LogP contribution in [-0.2, 0) is 18.9 Å². The lowest BCUT2D eigenvalue weighted by Gasteiger charge is -2.11. The largest absolute Gasteiger partial charge is 0.486 e. The number of rotatable bonds is 8. The molecule has 0 aliphatic rings. The van der Waals surface area contributed by atoms with E-state index in [0.717, 1.165) is 27.1 Å². The fourth-order valence-corrected chi connectivity index (χ4v) is 4.79. The predicted molar refractivity (Wildman–Crippen MR) is 124 cm³/mol. The van der Waals surface area contributed by atoms with E-state index in [2.05, 4.69) is 21.8 Å². The van der Waals surface area contributed by atoms with Crippen molar-refractivity contribution in [3.63, 3.8) is 0 Å². The maximum Gasteiger partial charge on any atom is 0.258 e. The molecule has 0 spiro atoms. The van der Waals surface area contributed by atoms with Crippen LogP contribution in [-0.4, -0.2) is 24.1 Å². The van der Waals surface area contributed by atoms with Crippen molar-refractivity contribution in [3.05, 3.63) is 80.5 Å². The molecule has 0 aliphatic heterocycles. The summed E-state index contributed by atoms with van der Waals surface area (Å²) in [7, 11) is 0. The highest BCUT2D eigenvalue weighted by Gasteiger charge is 2.14. The average molecular weight is 474 g/mol. The van der Waals surface area contributed by atoms with Gasteiger partial charge in [-0.1, -0.05) is 29.4 Å². The first-order valence-electron chi connectivity index (χ1n) is 9.47. The molecule has 0 atom stereocenters.